The molecular formula is C68H120N20O7. The molecule has 3 aromatic rings. The van der Waals surface area contributed by atoms with E-state index in [-0.39, 0.29) is 48.2 Å². The second-order valence-electron chi connectivity index (χ2n) is 25.6. The lowest BCUT2D eigenvalue weighted by atomic mass is 9.98. The monoisotopic (exact) mass is 1330 g/mol. The Balaban J connectivity index is 0.956. The minimum Gasteiger partial charge on any atom is -0.377 e. The van der Waals surface area contributed by atoms with Gasteiger partial charge in [-0.15, -0.1) is 16.6 Å². The van der Waals surface area contributed by atoms with Crippen molar-refractivity contribution in [1.82, 2.24) is 65.4 Å². The van der Waals surface area contributed by atoms with Crippen molar-refractivity contribution >= 4 is 47.4 Å². The molecule has 5 rings (SSSR count). The smallest absolute Gasteiger partial charge is 0.245 e. The van der Waals surface area contributed by atoms with Crippen molar-refractivity contribution in [2.24, 2.45) is 34.0 Å². The van der Waals surface area contributed by atoms with E-state index in [1.54, 1.807) is 9.36 Å². The fraction of sp³-hybridized carbons (Fsp3) is 0.794. The summed E-state index contributed by atoms with van der Waals surface area (Å²) in [6.07, 6.45) is 34.6. The summed E-state index contributed by atoms with van der Waals surface area (Å²) in [5, 5.41) is 27.0. The van der Waals surface area contributed by atoms with E-state index in [2.05, 4.69) is 85.0 Å². The molecular weight excluding hydrogens is 1210 g/mol. The van der Waals surface area contributed by atoms with Gasteiger partial charge in [0.1, 0.15) is 18.7 Å². The number of aromatic nitrogens is 9. The number of nitrogens with zero attached hydrogens (tertiary/aromatic N) is 14. The number of nitrogens with one attached hydrogen (secondary N) is 3. The zero-order valence-corrected chi connectivity index (χ0v) is 58.4. The van der Waals surface area contributed by atoms with Crippen molar-refractivity contribution in [2.45, 2.75) is 213 Å². The van der Waals surface area contributed by atoms with Gasteiger partial charge in [-0.05, 0) is 89.0 Å². The van der Waals surface area contributed by atoms with Crippen LogP contribution in [0.15, 0.2) is 17.4 Å². The van der Waals surface area contributed by atoms with E-state index < -0.39 is 6.04 Å². The van der Waals surface area contributed by atoms with Gasteiger partial charge in [-0.25, -0.2) is 9.36 Å². The predicted molar refractivity (Wildman–Crippen MR) is 374 cm³/mol. The van der Waals surface area contributed by atoms with Crippen LogP contribution >= 0.6 is 0 Å². The van der Waals surface area contributed by atoms with E-state index in [1.165, 1.54) is 0 Å². The number of amides is 4. The number of anilines is 3. The maximum absolute atomic E-state index is 13.4. The molecule has 0 spiro atoms. The van der Waals surface area contributed by atoms with E-state index in [1.807, 2.05) is 22.2 Å². The summed E-state index contributed by atoms with van der Waals surface area (Å²) >= 11 is 0. The molecule has 4 atom stereocenters. The van der Waals surface area contributed by atoms with E-state index >= 15 is 0 Å². The Morgan fingerprint density at radius 1 is 0.589 bits per heavy atom. The van der Waals surface area contributed by atoms with Gasteiger partial charge < -0.3 is 67.0 Å². The first-order valence-corrected chi connectivity index (χ1v) is 36.2. The Morgan fingerprint density at radius 3 is 1.65 bits per heavy atom. The molecule has 27 heteroatoms. The summed E-state index contributed by atoms with van der Waals surface area (Å²) in [7, 11) is 0. The van der Waals surface area contributed by atoms with Gasteiger partial charge in [-0.1, -0.05) is 134 Å². The SMILES string of the molecule is C#CCOCCOCCOCCNc1nc(N2CCN(C(=O)CCCCCCCCCCNC(=O)[C@H]([C@@H](C)CC)n3cc(CCCCN=C(N)N)nn3)CC2)nc(N2CCN(C(=O)CCCCCCCCCCNC(=O)[C@H](CCCCN)n3cc(C[C@@H](C)CC)nn3)CC2)n1. The van der Waals surface area contributed by atoms with Crippen LogP contribution < -0.4 is 43.0 Å². The van der Waals surface area contributed by atoms with E-state index in [0.717, 1.165) is 165 Å². The number of unbranched alkanes of at least 4 members (excludes halogenated alkanes) is 16. The van der Waals surface area contributed by atoms with Crippen molar-refractivity contribution < 1.29 is 33.4 Å². The largest absolute Gasteiger partial charge is 0.377 e. The third kappa shape index (κ3) is 31.8. The molecule has 0 bridgehead atoms. The molecule has 0 aliphatic carbocycles. The second-order valence-corrected chi connectivity index (χ2v) is 25.6. The molecule has 5 heterocycles. The fourth-order valence-electron chi connectivity index (χ4n) is 11.7. The topological polar surface area (TPSA) is 336 Å². The molecule has 9 N–H and O–H groups in total. The number of hydrogen-bond donors (Lipinski definition) is 6. The van der Waals surface area contributed by atoms with Crippen LogP contribution in [0.2, 0.25) is 0 Å². The molecule has 4 amide bonds. The molecule has 534 valence electrons. The summed E-state index contributed by atoms with van der Waals surface area (Å²) in [5.41, 5.74) is 18.4. The first kappa shape index (κ1) is 78.9. The van der Waals surface area contributed by atoms with Crippen LogP contribution in [0.1, 0.15) is 212 Å². The minimum absolute atomic E-state index is 0.000492. The third-order valence-corrected chi connectivity index (χ3v) is 17.9. The Labute approximate surface area is 567 Å². The molecule has 95 heavy (non-hydrogen) atoms. The summed E-state index contributed by atoms with van der Waals surface area (Å²) in [6.45, 7) is 18.7. The number of terminal acetylenes is 1. The van der Waals surface area contributed by atoms with E-state index in [9.17, 15) is 19.2 Å². The number of guanidine groups is 1. The summed E-state index contributed by atoms with van der Waals surface area (Å²) in [4.78, 5) is 80.4. The number of hydrogen-bond acceptors (Lipinski definition) is 19. The maximum Gasteiger partial charge on any atom is 0.245 e. The lowest BCUT2D eigenvalue weighted by molar-refractivity contribution is -0.132. The molecule has 0 radical (unpaired) electrons. The molecule has 0 saturated carbocycles. The van der Waals surface area contributed by atoms with Crippen LogP contribution in [0.4, 0.5) is 17.8 Å². The molecule has 0 unspecified atom stereocenters. The highest BCUT2D eigenvalue weighted by atomic mass is 16.5. The Kier molecular flexibility index (Phi) is 39.9. The lowest BCUT2D eigenvalue weighted by Gasteiger charge is -2.36. The van der Waals surface area contributed by atoms with Gasteiger partial charge in [-0.3, -0.25) is 24.2 Å². The van der Waals surface area contributed by atoms with Gasteiger partial charge in [-0.2, -0.15) is 15.0 Å². The molecule has 2 saturated heterocycles. The highest BCUT2D eigenvalue weighted by Gasteiger charge is 2.29. The number of aliphatic imine (C=N–C) groups is 1. The molecule has 3 aromatic heterocycles. The number of ether oxygens (including phenoxy) is 3. The molecule has 2 aliphatic heterocycles. The van der Waals surface area contributed by atoms with Crippen molar-refractivity contribution in [3.63, 3.8) is 0 Å². The zero-order valence-electron chi connectivity index (χ0n) is 58.4. The van der Waals surface area contributed by atoms with Gasteiger partial charge in [0.15, 0.2) is 5.96 Å². The van der Waals surface area contributed by atoms with Crippen LogP contribution in [-0.4, -0.2) is 209 Å². The first-order chi connectivity index (χ1) is 46.3. The first-order valence-electron chi connectivity index (χ1n) is 36.2. The van der Waals surface area contributed by atoms with Crippen molar-refractivity contribution in [2.75, 3.05) is 140 Å². The molecule has 2 aliphatic rings. The van der Waals surface area contributed by atoms with Crippen LogP contribution in [0.3, 0.4) is 0 Å². The van der Waals surface area contributed by atoms with Crippen LogP contribution in [0.5, 0.6) is 0 Å². The van der Waals surface area contributed by atoms with Gasteiger partial charge in [0.2, 0.25) is 41.5 Å². The van der Waals surface area contributed by atoms with Gasteiger partial charge in [0, 0.05) is 104 Å². The van der Waals surface area contributed by atoms with Crippen molar-refractivity contribution in [3.05, 3.63) is 23.8 Å². The minimum atomic E-state index is -0.403. The number of aryl methyl sites for hydroxylation is 1. The lowest BCUT2D eigenvalue weighted by Crippen LogP contribution is -2.50. The van der Waals surface area contributed by atoms with Gasteiger partial charge >= 0.3 is 0 Å². The predicted octanol–water partition coefficient (Wildman–Crippen LogP) is 6.54. The average Bonchev–Trinajstić information content (AvgIpc) is 1.31. The second kappa shape index (κ2) is 48.0. The fourth-order valence-corrected chi connectivity index (χ4v) is 11.7. The number of piperazine rings is 2. The van der Waals surface area contributed by atoms with Crippen LogP contribution in [0.25, 0.3) is 0 Å². The average molecular weight is 1330 g/mol. The summed E-state index contributed by atoms with van der Waals surface area (Å²) in [6, 6.07) is -0.774. The quantitative estimate of drug-likeness (QED) is 0.0151. The molecule has 0 aromatic carbocycles. The normalized spacial score (nSPS) is 14.7. The van der Waals surface area contributed by atoms with Crippen molar-refractivity contribution in [1.29, 1.82) is 0 Å². The van der Waals surface area contributed by atoms with E-state index in [4.69, 9.17) is 52.8 Å². The Morgan fingerprint density at radius 2 is 1.11 bits per heavy atom. The molecule has 2 fully saturated rings. The Hall–Kier alpha value is -6.76. The van der Waals surface area contributed by atoms with E-state index in [0.29, 0.717) is 161 Å². The van der Waals surface area contributed by atoms with Crippen LogP contribution in [-0.2, 0) is 46.2 Å². The van der Waals surface area contributed by atoms with Gasteiger partial charge in [0.25, 0.3) is 0 Å². The van der Waals surface area contributed by atoms with Crippen LogP contribution in [0, 0.1) is 24.2 Å². The number of carbonyl (C=O) groups excluding carboxylic acids is 4. The highest BCUT2D eigenvalue weighted by Crippen LogP contribution is 2.24. The Bertz CT molecular complexity index is 2650. The highest BCUT2D eigenvalue weighted by molar-refractivity contribution is 5.81. The van der Waals surface area contributed by atoms with Crippen molar-refractivity contribution in [3.8, 4) is 12.3 Å². The van der Waals surface area contributed by atoms with Gasteiger partial charge in [0.05, 0.1) is 44.4 Å². The third-order valence-electron chi connectivity index (χ3n) is 17.9. The number of carbonyl (C=O) groups is 4. The maximum atomic E-state index is 13.4. The standard InChI is InChI=1S/C68H120N20O7/c1-6-46-93-48-50-95-51-49-94-47-37-75-66-76-67(85-42-38-83(39-43-85)60(89)31-21-17-13-9-11-15-19-26-34-72-63(91)59(30-23-25-33-69)87-54-58(80-81-87)52-55(4)7-2)78-68(77-66)86-44-40-84(41-45-86)61(90)32-22-18-14-10-12-16-20-27-35-73-64(92)62(56(5)8-3)88-53-57(79-82-88)29-24-28-36-74-65(70)71/h1,53-56,59,62H,7-52,69H2,2-5H3,(H,72,91)(H,73,92)(H4,70,71,74)(H,75,76,77,78)/t55-,56-,59-,62-/m0/s1. The molecule has 27 nitrogen and oxygen atoms in total. The number of nitrogens with two attached hydrogens (primary N) is 3. The zero-order chi connectivity index (χ0) is 68.1. The summed E-state index contributed by atoms with van der Waals surface area (Å²) in [5.74, 6) is 5.10. The number of rotatable bonds is 53. The summed E-state index contributed by atoms with van der Waals surface area (Å²) < 4.78 is 20.1.